The number of amides is 2. The van der Waals surface area contributed by atoms with Crippen LogP contribution in [-0.4, -0.2) is 37.1 Å². The number of carbonyl (C=O) groups excluding carboxylic acids is 2. The van der Waals surface area contributed by atoms with Gasteiger partial charge in [-0.15, -0.1) is 0 Å². The molecule has 0 aliphatic carbocycles. The van der Waals surface area contributed by atoms with Crippen molar-refractivity contribution in [1.29, 1.82) is 0 Å². The van der Waals surface area contributed by atoms with Gasteiger partial charge in [0.1, 0.15) is 5.60 Å². The number of nitrogens with one attached hydrogen (secondary N) is 2. The molecule has 0 aromatic carbocycles. The molecule has 16 heavy (non-hydrogen) atoms. The Hall–Kier alpha value is -1.40. The number of halogens is 2. The molecule has 0 saturated heterocycles. The van der Waals surface area contributed by atoms with Gasteiger partial charge in [0.2, 0.25) is 0 Å². The molecule has 2 N–H and O–H groups in total. The second kappa shape index (κ2) is 6.24. The third-order valence-electron chi connectivity index (χ3n) is 1.29. The van der Waals surface area contributed by atoms with Crippen LogP contribution >= 0.6 is 0 Å². The van der Waals surface area contributed by atoms with Crippen molar-refractivity contribution < 1.29 is 23.1 Å². The van der Waals surface area contributed by atoms with Gasteiger partial charge in [-0.3, -0.25) is 4.79 Å². The molecule has 0 aromatic heterocycles. The maximum Gasteiger partial charge on any atom is 0.407 e. The van der Waals surface area contributed by atoms with Gasteiger partial charge in [-0.2, -0.15) is 8.78 Å². The third kappa shape index (κ3) is 7.95. The largest absolute Gasteiger partial charge is 0.444 e. The molecule has 0 aliphatic heterocycles. The van der Waals surface area contributed by atoms with E-state index < -0.39 is 24.0 Å². The monoisotopic (exact) mass is 238 g/mol. The van der Waals surface area contributed by atoms with Crippen LogP contribution in [0, 0.1) is 0 Å². The molecule has 0 unspecified atom stereocenters. The van der Waals surface area contributed by atoms with E-state index in [0.717, 1.165) is 0 Å². The van der Waals surface area contributed by atoms with Gasteiger partial charge in [0.05, 0.1) is 0 Å². The van der Waals surface area contributed by atoms with Crippen LogP contribution in [0.3, 0.4) is 0 Å². The van der Waals surface area contributed by atoms with Gasteiger partial charge in [-0.1, -0.05) is 0 Å². The molecule has 0 aromatic rings. The van der Waals surface area contributed by atoms with Crippen LogP contribution in [0.1, 0.15) is 20.8 Å². The molecule has 0 aliphatic rings. The van der Waals surface area contributed by atoms with Crippen molar-refractivity contribution in [2.24, 2.45) is 0 Å². The van der Waals surface area contributed by atoms with Gasteiger partial charge >= 0.3 is 12.5 Å². The van der Waals surface area contributed by atoms with Crippen LogP contribution in [0.25, 0.3) is 0 Å². The first-order valence-corrected chi connectivity index (χ1v) is 4.75. The third-order valence-corrected chi connectivity index (χ3v) is 1.29. The Morgan fingerprint density at radius 3 is 2.12 bits per heavy atom. The summed E-state index contributed by atoms with van der Waals surface area (Å²) in [6, 6.07) is 0. The van der Waals surface area contributed by atoms with E-state index in [0.29, 0.717) is 0 Å². The molecule has 94 valence electrons. The number of alkyl halides is 2. The molecule has 5 nitrogen and oxygen atoms in total. The smallest absolute Gasteiger partial charge is 0.407 e. The summed E-state index contributed by atoms with van der Waals surface area (Å²) in [5.41, 5.74) is -0.615. The zero-order valence-electron chi connectivity index (χ0n) is 9.47. The average Bonchev–Trinajstić information content (AvgIpc) is 2.08. The minimum absolute atomic E-state index is 0.0351. The summed E-state index contributed by atoms with van der Waals surface area (Å²) in [7, 11) is 0. The Morgan fingerprint density at radius 1 is 1.19 bits per heavy atom. The van der Waals surface area contributed by atoms with Gasteiger partial charge in [0, 0.05) is 13.1 Å². The summed E-state index contributed by atoms with van der Waals surface area (Å²) in [5, 5.41) is 4.25. The fourth-order valence-corrected chi connectivity index (χ4v) is 0.742. The summed E-state index contributed by atoms with van der Waals surface area (Å²) in [5.74, 6) is -1.36. The first kappa shape index (κ1) is 14.6. The number of rotatable bonds is 4. The zero-order chi connectivity index (χ0) is 12.8. The fraction of sp³-hybridized carbons (Fsp3) is 0.778. The average molecular weight is 238 g/mol. The lowest BCUT2D eigenvalue weighted by molar-refractivity contribution is -0.131. The highest BCUT2D eigenvalue weighted by atomic mass is 19.3. The minimum Gasteiger partial charge on any atom is -0.444 e. The normalized spacial score (nSPS) is 11.1. The van der Waals surface area contributed by atoms with Crippen LogP contribution in [0.5, 0.6) is 0 Å². The summed E-state index contributed by atoms with van der Waals surface area (Å²) < 4.78 is 28.3. The fourth-order valence-electron chi connectivity index (χ4n) is 0.742. The zero-order valence-corrected chi connectivity index (χ0v) is 9.47. The SMILES string of the molecule is CC(C)(C)OC(=O)NCCNC(=O)C(F)F. The summed E-state index contributed by atoms with van der Waals surface area (Å²) in [4.78, 5) is 21.5. The number of hydrogen-bond donors (Lipinski definition) is 2. The Kier molecular flexibility index (Phi) is 5.69. The molecule has 2 amide bonds. The van der Waals surface area contributed by atoms with Crippen molar-refractivity contribution >= 4 is 12.0 Å². The van der Waals surface area contributed by atoms with Crippen molar-refractivity contribution in [2.45, 2.75) is 32.8 Å². The second-order valence-corrected chi connectivity index (χ2v) is 4.02. The standard InChI is InChI=1S/C9H16F2N2O3/c1-9(2,3)16-8(15)13-5-4-12-7(14)6(10)11/h6H,4-5H2,1-3H3,(H,12,14)(H,13,15). The Bertz CT molecular complexity index is 252. The van der Waals surface area contributed by atoms with Crippen molar-refractivity contribution in [1.82, 2.24) is 10.6 Å². The lowest BCUT2D eigenvalue weighted by Gasteiger charge is -2.19. The first-order chi connectivity index (χ1) is 7.22. The van der Waals surface area contributed by atoms with E-state index in [4.69, 9.17) is 4.74 Å². The molecule has 7 heteroatoms. The number of hydrogen-bond acceptors (Lipinski definition) is 3. The van der Waals surface area contributed by atoms with E-state index in [2.05, 4.69) is 5.32 Å². The minimum atomic E-state index is -3.04. The molecule has 0 heterocycles. The van der Waals surface area contributed by atoms with Crippen LogP contribution in [0.2, 0.25) is 0 Å². The predicted molar refractivity (Wildman–Crippen MR) is 53.3 cm³/mol. The maximum absolute atomic E-state index is 11.7. The van der Waals surface area contributed by atoms with Crippen LogP contribution in [0.15, 0.2) is 0 Å². The highest BCUT2D eigenvalue weighted by molar-refractivity contribution is 5.79. The Balaban J connectivity index is 3.60. The van der Waals surface area contributed by atoms with E-state index in [1.54, 1.807) is 20.8 Å². The topological polar surface area (TPSA) is 67.4 Å². The van der Waals surface area contributed by atoms with Crippen molar-refractivity contribution in [3.05, 3.63) is 0 Å². The summed E-state index contributed by atoms with van der Waals surface area (Å²) in [6.45, 7) is 5.07. The molecule has 0 saturated carbocycles. The van der Waals surface area contributed by atoms with Crippen molar-refractivity contribution in [3.63, 3.8) is 0 Å². The Morgan fingerprint density at radius 2 is 1.69 bits per heavy atom. The van der Waals surface area contributed by atoms with E-state index >= 15 is 0 Å². The molecule has 0 spiro atoms. The van der Waals surface area contributed by atoms with Crippen molar-refractivity contribution in [2.75, 3.05) is 13.1 Å². The first-order valence-electron chi connectivity index (χ1n) is 4.75. The lowest BCUT2D eigenvalue weighted by Crippen LogP contribution is -2.39. The number of carbonyl (C=O) groups is 2. The van der Waals surface area contributed by atoms with Gasteiger partial charge in [-0.05, 0) is 20.8 Å². The maximum atomic E-state index is 11.7. The molecule has 0 rings (SSSR count). The molecule has 0 atom stereocenters. The van der Waals surface area contributed by atoms with Gasteiger partial charge in [0.15, 0.2) is 0 Å². The quantitative estimate of drug-likeness (QED) is 0.715. The summed E-state index contributed by atoms with van der Waals surface area (Å²) >= 11 is 0. The summed E-state index contributed by atoms with van der Waals surface area (Å²) in [6.07, 6.45) is -3.69. The van der Waals surface area contributed by atoms with E-state index in [1.165, 1.54) is 0 Å². The molecular weight excluding hydrogens is 222 g/mol. The van der Waals surface area contributed by atoms with E-state index in [9.17, 15) is 18.4 Å². The molecule has 0 radical (unpaired) electrons. The van der Waals surface area contributed by atoms with Gasteiger partial charge < -0.3 is 15.4 Å². The van der Waals surface area contributed by atoms with Crippen LogP contribution in [0.4, 0.5) is 13.6 Å². The highest BCUT2D eigenvalue weighted by Crippen LogP contribution is 2.05. The number of alkyl carbamates (subject to hydrolysis) is 1. The van der Waals surface area contributed by atoms with Gasteiger partial charge in [0.25, 0.3) is 5.91 Å². The van der Waals surface area contributed by atoms with E-state index in [-0.39, 0.29) is 13.1 Å². The molecule has 0 fully saturated rings. The van der Waals surface area contributed by atoms with Crippen molar-refractivity contribution in [3.8, 4) is 0 Å². The van der Waals surface area contributed by atoms with Crippen LogP contribution in [-0.2, 0) is 9.53 Å². The predicted octanol–water partition coefficient (Wildman–Crippen LogP) is 0.892. The molecular formula is C9H16F2N2O3. The highest BCUT2D eigenvalue weighted by Gasteiger charge is 2.16. The lowest BCUT2D eigenvalue weighted by atomic mass is 10.2. The number of ether oxygens (including phenoxy) is 1. The Labute approximate surface area is 92.5 Å². The van der Waals surface area contributed by atoms with E-state index in [1.807, 2.05) is 5.32 Å². The second-order valence-electron chi connectivity index (χ2n) is 4.02. The molecule has 0 bridgehead atoms. The van der Waals surface area contributed by atoms with Crippen LogP contribution < -0.4 is 10.6 Å². The van der Waals surface area contributed by atoms with Gasteiger partial charge in [-0.25, -0.2) is 4.79 Å².